The summed E-state index contributed by atoms with van der Waals surface area (Å²) in [5.41, 5.74) is 3.99. The number of aromatic nitrogens is 2. The third-order valence-corrected chi connectivity index (χ3v) is 5.94. The second-order valence-corrected chi connectivity index (χ2v) is 8.67. The molecule has 32 heavy (non-hydrogen) atoms. The van der Waals surface area contributed by atoms with Crippen molar-refractivity contribution in [1.82, 2.24) is 19.8 Å². The molecule has 2 aliphatic rings. The first-order valence-corrected chi connectivity index (χ1v) is 10.7. The molecule has 0 aliphatic carbocycles. The highest BCUT2D eigenvalue weighted by Crippen LogP contribution is 2.39. The summed E-state index contributed by atoms with van der Waals surface area (Å²) in [7, 11) is 0. The van der Waals surface area contributed by atoms with Crippen LogP contribution in [0.2, 0.25) is 0 Å². The van der Waals surface area contributed by atoms with Gasteiger partial charge in [0.05, 0.1) is 11.4 Å². The van der Waals surface area contributed by atoms with Crippen LogP contribution < -0.4 is 0 Å². The first kappa shape index (κ1) is 24.1. The van der Waals surface area contributed by atoms with Gasteiger partial charge in [0.15, 0.2) is 0 Å². The van der Waals surface area contributed by atoms with Gasteiger partial charge in [-0.2, -0.15) is 13.2 Å². The second kappa shape index (κ2) is 10.4. The Morgan fingerprint density at radius 3 is 2.31 bits per heavy atom. The molecule has 2 aliphatic heterocycles. The molecule has 0 amide bonds. The van der Waals surface area contributed by atoms with Crippen LogP contribution in [0.15, 0.2) is 42.6 Å². The summed E-state index contributed by atoms with van der Waals surface area (Å²) in [6.07, 6.45) is 0.808. The first-order chi connectivity index (χ1) is 15.2. The quantitative estimate of drug-likeness (QED) is 0.762. The Bertz CT molecular complexity index is 894. The zero-order valence-corrected chi connectivity index (χ0v) is 18.2. The van der Waals surface area contributed by atoms with Crippen LogP contribution in [0.5, 0.6) is 0 Å². The van der Waals surface area contributed by atoms with Crippen LogP contribution in [0.25, 0.3) is 0 Å². The van der Waals surface area contributed by atoms with Crippen molar-refractivity contribution < 1.29 is 23.1 Å². The molecule has 2 fully saturated rings. The summed E-state index contributed by atoms with van der Waals surface area (Å²) in [6.45, 7) is 8.88. The summed E-state index contributed by atoms with van der Waals surface area (Å²) < 4.78 is 31.7. The minimum absolute atomic E-state index is 0.469. The number of carbonyl (C=O) groups is 1. The van der Waals surface area contributed by atoms with E-state index in [2.05, 4.69) is 52.0 Å². The van der Waals surface area contributed by atoms with E-state index in [0.29, 0.717) is 5.41 Å². The maximum absolute atomic E-state index is 10.6. The Balaban J connectivity index is 0.000000360. The number of aliphatic carboxylic acids is 1. The summed E-state index contributed by atoms with van der Waals surface area (Å²) in [5, 5.41) is 7.12. The number of nitrogens with zero attached hydrogens (tertiary/aromatic N) is 4. The van der Waals surface area contributed by atoms with E-state index in [4.69, 9.17) is 14.9 Å². The van der Waals surface area contributed by atoms with Gasteiger partial charge in [-0.25, -0.2) is 4.79 Å². The van der Waals surface area contributed by atoms with E-state index in [-0.39, 0.29) is 0 Å². The number of carboxylic acid groups (broad SMARTS) is 1. The van der Waals surface area contributed by atoms with E-state index < -0.39 is 12.1 Å². The smallest absolute Gasteiger partial charge is 0.475 e. The average Bonchev–Trinajstić information content (AvgIpc) is 3.10. The standard InChI is InChI=1S/C21H28N4.C2HF3O2/c1-18-6-4-8-20(23-18)15-24-12-5-9-21(16-24)10-13-25(17-21)14-19-7-2-3-11-22-19;3-2(4,5)1(6)7/h2-4,6-8,11H,5,9-10,12-17H2,1H3;(H,6,7). The lowest BCUT2D eigenvalue weighted by atomic mass is 9.79. The number of hydrogen-bond acceptors (Lipinski definition) is 5. The lowest BCUT2D eigenvalue weighted by Gasteiger charge is -2.40. The molecule has 0 radical (unpaired) electrons. The lowest BCUT2D eigenvalue weighted by Crippen LogP contribution is -2.44. The third kappa shape index (κ3) is 7.00. The van der Waals surface area contributed by atoms with Crippen molar-refractivity contribution in [3.63, 3.8) is 0 Å². The fourth-order valence-corrected chi connectivity index (χ4v) is 4.58. The Morgan fingerprint density at radius 1 is 1.03 bits per heavy atom. The summed E-state index contributed by atoms with van der Waals surface area (Å²) in [5.74, 6) is -2.76. The van der Waals surface area contributed by atoms with E-state index in [1.54, 1.807) is 0 Å². The topological polar surface area (TPSA) is 69.6 Å². The molecule has 2 aromatic rings. The Labute approximate surface area is 186 Å². The van der Waals surface area contributed by atoms with E-state index in [0.717, 1.165) is 18.8 Å². The van der Waals surface area contributed by atoms with E-state index in [1.807, 2.05) is 12.3 Å². The predicted molar refractivity (Wildman–Crippen MR) is 114 cm³/mol. The highest BCUT2D eigenvalue weighted by molar-refractivity contribution is 5.73. The van der Waals surface area contributed by atoms with Gasteiger partial charge in [-0.15, -0.1) is 0 Å². The predicted octanol–water partition coefficient (Wildman–Crippen LogP) is 3.91. The van der Waals surface area contributed by atoms with E-state index >= 15 is 0 Å². The molecular formula is C23H29F3N4O2. The van der Waals surface area contributed by atoms with Crippen molar-refractivity contribution >= 4 is 5.97 Å². The molecule has 1 unspecified atom stereocenters. The maximum Gasteiger partial charge on any atom is 0.490 e. The van der Waals surface area contributed by atoms with Gasteiger partial charge in [-0.3, -0.25) is 19.8 Å². The summed E-state index contributed by atoms with van der Waals surface area (Å²) in [6, 6.07) is 12.6. The highest BCUT2D eigenvalue weighted by Gasteiger charge is 2.41. The maximum atomic E-state index is 10.6. The molecule has 1 spiro atoms. The van der Waals surface area contributed by atoms with Gasteiger partial charge in [-0.05, 0) is 69.0 Å². The number of pyridine rings is 2. The summed E-state index contributed by atoms with van der Waals surface area (Å²) in [4.78, 5) is 23.3. The van der Waals surface area contributed by atoms with Crippen LogP contribution in [0.1, 0.15) is 36.3 Å². The van der Waals surface area contributed by atoms with Gasteiger partial charge >= 0.3 is 12.1 Å². The highest BCUT2D eigenvalue weighted by atomic mass is 19.4. The van der Waals surface area contributed by atoms with E-state index in [1.165, 1.54) is 56.8 Å². The number of carboxylic acids is 1. The van der Waals surface area contributed by atoms with Gasteiger partial charge in [0, 0.05) is 38.1 Å². The van der Waals surface area contributed by atoms with Gasteiger partial charge in [0.25, 0.3) is 0 Å². The Kier molecular flexibility index (Phi) is 7.84. The minimum atomic E-state index is -5.08. The van der Waals surface area contributed by atoms with Crippen LogP contribution in [0.4, 0.5) is 13.2 Å². The fraction of sp³-hybridized carbons (Fsp3) is 0.522. The zero-order chi connectivity index (χ0) is 23.2. The molecule has 2 saturated heterocycles. The van der Waals surface area contributed by atoms with Crippen LogP contribution in [-0.2, 0) is 17.9 Å². The Hall–Kier alpha value is -2.52. The van der Waals surface area contributed by atoms with Crippen molar-refractivity contribution in [3.8, 4) is 0 Å². The van der Waals surface area contributed by atoms with Crippen molar-refractivity contribution in [2.75, 3.05) is 26.2 Å². The van der Waals surface area contributed by atoms with Crippen molar-refractivity contribution in [3.05, 3.63) is 59.7 Å². The number of hydrogen-bond donors (Lipinski definition) is 1. The SMILES string of the molecule is Cc1cccc(CN2CCCC3(CCN(Cc4ccccn4)C3)C2)n1.O=C(O)C(F)(F)F. The van der Waals surface area contributed by atoms with Crippen LogP contribution >= 0.6 is 0 Å². The van der Waals surface area contributed by atoms with Gasteiger partial charge in [0.1, 0.15) is 0 Å². The van der Waals surface area contributed by atoms with Crippen LogP contribution in [0.3, 0.4) is 0 Å². The minimum Gasteiger partial charge on any atom is -0.475 e. The van der Waals surface area contributed by atoms with Crippen LogP contribution in [-0.4, -0.2) is 63.2 Å². The van der Waals surface area contributed by atoms with Gasteiger partial charge in [-0.1, -0.05) is 12.1 Å². The van der Waals surface area contributed by atoms with Crippen molar-refractivity contribution in [1.29, 1.82) is 0 Å². The third-order valence-electron chi connectivity index (χ3n) is 5.94. The molecular weight excluding hydrogens is 421 g/mol. The number of alkyl halides is 3. The molecule has 4 heterocycles. The number of likely N-dealkylation sites (tertiary alicyclic amines) is 2. The number of piperidine rings is 1. The number of aryl methyl sites for hydroxylation is 1. The molecule has 1 atom stereocenters. The van der Waals surface area contributed by atoms with Gasteiger partial charge < -0.3 is 5.11 Å². The molecule has 0 saturated carbocycles. The first-order valence-electron chi connectivity index (χ1n) is 10.7. The molecule has 1 N–H and O–H groups in total. The molecule has 0 aromatic carbocycles. The molecule has 4 rings (SSSR count). The van der Waals surface area contributed by atoms with Crippen LogP contribution in [0, 0.1) is 12.3 Å². The largest absolute Gasteiger partial charge is 0.490 e. The molecule has 0 bridgehead atoms. The lowest BCUT2D eigenvalue weighted by molar-refractivity contribution is -0.192. The molecule has 174 valence electrons. The number of rotatable bonds is 4. The van der Waals surface area contributed by atoms with Gasteiger partial charge in [0.2, 0.25) is 0 Å². The normalized spacial score (nSPS) is 21.9. The fourth-order valence-electron chi connectivity index (χ4n) is 4.58. The Morgan fingerprint density at radius 2 is 1.69 bits per heavy atom. The van der Waals surface area contributed by atoms with Crippen molar-refractivity contribution in [2.24, 2.45) is 5.41 Å². The zero-order valence-electron chi connectivity index (χ0n) is 18.2. The molecule has 6 nitrogen and oxygen atoms in total. The monoisotopic (exact) mass is 450 g/mol. The van der Waals surface area contributed by atoms with Crippen molar-refractivity contribution in [2.45, 2.75) is 45.5 Å². The second-order valence-electron chi connectivity index (χ2n) is 8.67. The number of halogens is 3. The molecule has 2 aromatic heterocycles. The average molecular weight is 451 g/mol. The van der Waals surface area contributed by atoms with E-state index in [9.17, 15) is 13.2 Å². The molecule has 9 heteroatoms. The summed E-state index contributed by atoms with van der Waals surface area (Å²) >= 11 is 0.